The average molecular weight is 350 g/mol. The molecular weight excluding hydrogens is 324 g/mol. The standard InChI is InChI=1S/C17H26N4O2S/c1-10(2)17(5,9-22)18-7-13-8-24-15(19-13)14-11(3)12(4)20-21(6)16(14)23/h8,10,18,22H,7,9H2,1-6H3. The molecule has 6 nitrogen and oxygen atoms in total. The third kappa shape index (κ3) is 3.58. The van der Waals surface area contributed by atoms with Crippen molar-refractivity contribution in [2.24, 2.45) is 13.0 Å². The molecule has 1 unspecified atom stereocenters. The molecule has 24 heavy (non-hydrogen) atoms. The topological polar surface area (TPSA) is 80.0 Å². The van der Waals surface area contributed by atoms with E-state index in [9.17, 15) is 9.90 Å². The molecule has 2 rings (SSSR count). The van der Waals surface area contributed by atoms with Gasteiger partial charge < -0.3 is 10.4 Å². The van der Waals surface area contributed by atoms with E-state index >= 15 is 0 Å². The lowest BCUT2D eigenvalue weighted by Gasteiger charge is -2.32. The Morgan fingerprint density at radius 1 is 1.42 bits per heavy atom. The molecule has 0 radical (unpaired) electrons. The Labute approximate surface area is 146 Å². The number of nitrogens with zero attached hydrogens (tertiary/aromatic N) is 3. The van der Waals surface area contributed by atoms with Crippen molar-refractivity contribution in [3.63, 3.8) is 0 Å². The molecule has 7 heteroatoms. The summed E-state index contributed by atoms with van der Waals surface area (Å²) in [5.74, 6) is 0.290. The van der Waals surface area contributed by atoms with Crippen LogP contribution in [-0.2, 0) is 13.6 Å². The summed E-state index contributed by atoms with van der Waals surface area (Å²) in [7, 11) is 1.66. The minimum Gasteiger partial charge on any atom is -0.394 e. The molecule has 0 aromatic carbocycles. The van der Waals surface area contributed by atoms with Crippen molar-refractivity contribution >= 4 is 11.3 Å². The highest BCUT2D eigenvalue weighted by molar-refractivity contribution is 7.13. The molecule has 0 aliphatic carbocycles. The summed E-state index contributed by atoms with van der Waals surface area (Å²) in [4.78, 5) is 17.0. The lowest BCUT2D eigenvalue weighted by atomic mass is 9.89. The van der Waals surface area contributed by atoms with Crippen LogP contribution in [0, 0.1) is 19.8 Å². The first-order chi connectivity index (χ1) is 11.2. The fourth-order valence-electron chi connectivity index (χ4n) is 2.34. The van der Waals surface area contributed by atoms with E-state index in [1.165, 1.54) is 16.0 Å². The van der Waals surface area contributed by atoms with Gasteiger partial charge in [0.15, 0.2) is 0 Å². The average Bonchev–Trinajstić information content (AvgIpc) is 2.99. The second-order valence-electron chi connectivity index (χ2n) is 6.74. The van der Waals surface area contributed by atoms with Crippen LogP contribution in [0.15, 0.2) is 10.2 Å². The van der Waals surface area contributed by atoms with Gasteiger partial charge in [-0.3, -0.25) is 4.79 Å². The summed E-state index contributed by atoms with van der Waals surface area (Å²) >= 11 is 1.46. The van der Waals surface area contributed by atoms with Crippen LogP contribution in [0.3, 0.4) is 0 Å². The maximum atomic E-state index is 12.4. The zero-order chi connectivity index (χ0) is 18.1. The summed E-state index contributed by atoms with van der Waals surface area (Å²) in [6, 6.07) is 0. The van der Waals surface area contributed by atoms with Crippen molar-refractivity contribution in [2.45, 2.75) is 46.7 Å². The van der Waals surface area contributed by atoms with E-state index in [0.29, 0.717) is 17.1 Å². The molecule has 1 atom stereocenters. The molecule has 132 valence electrons. The van der Waals surface area contributed by atoms with Gasteiger partial charge in [0.1, 0.15) is 5.01 Å². The second kappa shape index (κ2) is 7.13. The van der Waals surface area contributed by atoms with Crippen LogP contribution < -0.4 is 10.9 Å². The van der Waals surface area contributed by atoms with Crippen LogP contribution in [0.4, 0.5) is 0 Å². The van der Waals surface area contributed by atoms with Crippen LogP contribution in [0.5, 0.6) is 0 Å². The smallest absolute Gasteiger partial charge is 0.277 e. The van der Waals surface area contributed by atoms with E-state index in [4.69, 9.17) is 0 Å². The number of hydrogen-bond donors (Lipinski definition) is 2. The molecule has 0 aliphatic heterocycles. The predicted molar refractivity (Wildman–Crippen MR) is 97.2 cm³/mol. The minimum absolute atomic E-state index is 0.0604. The maximum Gasteiger partial charge on any atom is 0.277 e. The molecular formula is C17H26N4O2S. The molecule has 0 saturated heterocycles. The SMILES string of the molecule is Cc1nn(C)c(=O)c(-c2nc(CNC(C)(CO)C(C)C)cs2)c1C. The fourth-order valence-corrected chi connectivity index (χ4v) is 3.25. The highest BCUT2D eigenvalue weighted by Crippen LogP contribution is 2.25. The Bertz CT molecular complexity index is 781. The Hall–Kier alpha value is -1.57. The van der Waals surface area contributed by atoms with E-state index in [0.717, 1.165) is 17.0 Å². The number of hydrogen-bond acceptors (Lipinski definition) is 6. The Balaban J connectivity index is 2.28. The van der Waals surface area contributed by atoms with E-state index in [-0.39, 0.29) is 23.6 Å². The van der Waals surface area contributed by atoms with Crippen molar-refractivity contribution < 1.29 is 5.11 Å². The van der Waals surface area contributed by atoms with Gasteiger partial charge in [-0.25, -0.2) is 9.67 Å². The molecule has 2 heterocycles. The second-order valence-corrected chi connectivity index (χ2v) is 7.60. The number of nitrogens with one attached hydrogen (secondary N) is 1. The number of thiazole rings is 1. The largest absolute Gasteiger partial charge is 0.394 e. The van der Waals surface area contributed by atoms with Crippen LogP contribution in [0.2, 0.25) is 0 Å². The minimum atomic E-state index is -0.358. The Morgan fingerprint density at radius 2 is 2.08 bits per heavy atom. The van der Waals surface area contributed by atoms with Gasteiger partial charge in [0.25, 0.3) is 5.56 Å². The summed E-state index contributed by atoms with van der Waals surface area (Å²) < 4.78 is 1.36. The lowest BCUT2D eigenvalue weighted by molar-refractivity contribution is 0.131. The monoisotopic (exact) mass is 350 g/mol. The number of aliphatic hydroxyl groups excluding tert-OH is 1. The molecule has 2 aromatic heterocycles. The van der Waals surface area contributed by atoms with E-state index in [1.807, 2.05) is 26.2 Å². The van der Waals surface area contributed by atoms with E-state index < -0.39 is 0 Å². The number of aliphatic hydroxyl groups is 1. The molecule has 0 spiro atoms. The van der Waals surface area contributed by atoms with E-state index in [1.54, 1.807) is 7.05 Å². The lowest BCUT2D eigenvalue weighted by Crippen LogP contribution is -2.49. The van der Waals surface area contributed by atoms with E-state index in [2.05, 4.69) is 29.2 Å². The Kier molecular flexibility index (Phi) is 5.57. The summed E-state index contributed by atoms with van der Waals surface area (Å²) in [5, 5.41) is 19.9. The molecule has 2 N–H and O–H groups in total. The van der Waals surface area contributed by atoms with Crippen LogP contribution in [0.1, 0.15) is 37.7 Å². The number of aryl methyl sites for hydroxylation is 2. The highest BCUT2D eigenvalue weighted by Gasteiger charge is 2.27. The first-order valence-corrected chi connectivity index (χ1v) is 8.92. The van der Waals surface area contributed by atoms with Crippen molar-refractivity contribution in [3.8, 4) is 10.6 Å². The molecule has 0 bridgehead atoms. The normalized spacial score (nSPS) is 14.2. The van der Waals surface area contributed by atoms with Crippen LogP contribution >= 0.6 is 11.3 Å². The maximum absolute atomic E-state index is 12.4. The fraction of sp³-hybridized carbons (Fsp3) is 0.588. The molecule has 2 aromatic rings. The van der Waals surface area contributed by atoms with Gasteiger partial charge in [-0.1, -0.05) is 13.8 Å². The molecule has 0 amide bonds. The highest BCUT2D eigenvalue weighted by atomic mass is 32.1. The van der Waals surface area contributed by atoms with Gasteiger partial charge in [-0.2, -0.15) is 5.10 Å². The van der Waals surface area contributed by atoms with Crippen molar-refractivity contribution in [1.82, 2.24) is 20.1 Å². The van der Waals surface area contributed by atoms with Gasteiger partial charge in [0.2, 0.25) is 0 Å². The van der Waals surface area contributed by atoms with Gasteiger partial charge in [0.05, 0.1) is 23.6 Å². The van der Waals surface area contributed by atoms with Gasteiger partial charge in [-0.15, -0.1) is 11.3 Å². The summed E-state index contributed by atoms with van der Waals surface area (Å²) in [5.41, 5.74) is 2.70. The quantitative estimate of drug-likeness (QED) is 0.833. The summed E-state index contributed by atoms with van der Waals surface area (Å²) in [6.45, 7) is 10.5. The third-order valence-electron chi connectivity index (χ3n) is 4.77. The van der Waals surface area contributed by atoms with Crippen molar-refractivity contribution in [2.75, 3.05) is 6.61 Å². The molecule has 0 aliphatic rings. The zero-order valence-corrected chi connectivity index (χ0v) is 16.0. The number of rotatable bonds is 6. The first kappa shape index (κ1) is 18.8. The van der Waals surface area contributed by atoms with Gasteiger partial charge in [0, 0.05) is 24.5 Å². The van der Waals surface area contributed by atoms with Crippen molar-refractivity contribution in [1.29, 1.82) is 0 Å². The predicted octanol–water partition coefficient (Wildman–Crippen LogP) is 2.02. The van der Waals surface area contributed by atoms with Crippen LogP contribution in [-0.4, -0.2) is 32.0 Å². The molecule has 0 fully saturated rings. The van der Waals surface area contributed by atoms with Crippen LogP contribution in [0.25, 0.3) is 10.6 Å². The third-order valence-corrected chi connectivity index (χ3v) is 5.68. The Morgan fingerprint density at radius 3 is 2.67 bits per heavy atom. The van der Waals surface area contributed by atoms with Gasteiger partial charge in [-0.05, 0) is 32.3 Å². The zero-order valence-electron chi connectivity index (χ0n) is 15.2. The number of aromatic nitrogens is 3. The summed E-state index contributed by atoms with van der Waals surface area (Å²) in [6.07, 6.45) is 0. The van der Waals surface area contributed by atoms with Crippen molar-refractivity contribution in [3.05, 3.63) is 32.7 Å². The molecule has 0 saturated carbocycles. The van der Waals surface area contributed by atoms with Gasteiger partial charge >= 0.3 is 0 Å². The first-order valence-electron chi connectivity index (χ1n) is 8.04.